The molecule has 0 radical (unpaired) electrons. The van der Waals surface area contributed by atoms with Crippen LogP contribution in [0.5, 0.6) is 0 Å². The van der Waals surface area contributed by atoms with Gasteiger partial charge in [-0.25, -0.2) is 4.98 Å². The number of aromatic amines is 1. The molecule has 1 aliphatic rings. The van der Waals surface area contributed by atoms with Crippen LogP contribution in [0.1, 0.15) is 17.0 Å². The number of benzene rings is 1. The van der Waals surface area contributed by atoms with E-state index in [0.717, 1.165) is 37.3 Å². The van der Waals surface area contributed by atoms with Crippen LogP contribution >= 0.6 is 23.2 Å². The fraction of sp³-hybridized carbons (Fsp3) is 0.294. The second-order valence-electron chi connectivity index (χ2n) is 6.09. The van der Waals surface area contributed by atoms with Crippen LogP contribution in [0.3, 0.4) is 0 Å². The number of nitrogens with one attached hydrogen (secondary N) is 1. The lowest BCUT2D eigenvalue weighted by atomic mass is 10.0. The van der Waals surface area contributed by atoms with Gasteiger partial charge in [-0.1, -0.05) is 35.3 Å². The molecular weight excluding hydrogens is 345 g/mol. The molecule has 3 aromatic rings. The van der Waals surface area contributed by atoms with Crippen molar-refractivity contribution >= 4 is 23.2 Å². The van der Waals surface area contributed by atoms with Crippen molar-refractivity contribution in [2.75, 3.05) is 6.54 Å². The van der Waals surface area contributed by atoms with Crippen LogP contribution in [0.15, 0.2) is 30.7 Å². The molecule has 7 heteroatoms. The first-order valence-corrected chi connectivity index (χ1v) is 8.57. The topological polar surface area (TPSA) is 49.7 Å². The Morgan fingerprint density at radius 3 is 2.96 bits per heavy atom. The molecule has 0 aliphatic carbocycles. The second kappa shape index (κ2) is 6.24. The van der Waals surface area contributed by atoms with E-state index in [-0.39, 0.29) is 0 Å². The summed E-state index contributed by atoms with van der Waals surface area (Å²) in [7, 11) is 2.02. The smallest absolute Gasteiger partial charge is 0.0984 e. The molecule has 0 saturated heterocycles. The molecule has 0 spiro atoms. The first kappa shape index (κ1) is 15.7. The minimum Gasteiger partial charge on any atom is -0.337 e. The molecule has 1 aromatic carbocycles. The first-order chi connectivity index (χ1) is 11.6. The van der Waals surface area contributed by atoms with E-state index in [4.69, 9.17) is 23.2 Å². The van der Waals surface area contributed by atoms with E-state index in [1.54, 1.807) is 6.07 Å². The van der Waals surface area contributed by atoms with Crippen molar-refractivity contribution in [2.24, 2.45) is 7.05 Å². The number of aryl methyl sites for hydroxylation is 1. The van der Waals surface area contributed by atoms with Gasteiger partial charge in [-0.3, -0.25) is 10.00 Å². The van der Waals surface area contributed by atoms with Gasteiger partial charge in [-0.05, 0) is 6.07 Å². The molecule has 24 heavy (non-hydrogen) atoms. The number of hydrogen-bond donors (Lipinski definition) is 1. The van der Waals surface area contributed by atoms with E-state index in [0.29, 0.717) is 10.0 Å². The molecule has 0 amide bonds. The van der Waals surface area contributed by atoms with Crippen molar-refractivity contribution in [1.29, 1.82) is 0 Å². The number of aromatic nitrogens is 4. The zero-order valence-corrected chi connectivity index (χ0v) is 14.8. The number of fused-ring (bicyclic) bond motifs is 1. The first-order valence-electron chi connectivity index (χ1n) is 7.81. The van der Waals surface area contributed by atoms with Crippen LogP contribution < -0.4 is 0 Å². The van der Waals surface area contributed by atoms with Gasteiger partial charge in [0.25, 0.3) is 0 Å². The van der Waals surface area contributed by atoms with E-state index in [2.05, 4.69) is 24.6 Å². The molecular formula is C17H17Cl2N5. The number of rotatable bonds is 3. The number of H-pyrrole nitrogens is 1. The number of imidazole rings is 1. The standard InChI is InChI=1S/C17H17Cl2N5/c1-23-10-20-7-11(23)8-24-6-5-15-13(9-24)17(22-21-15)12-3-2-4-14(18)16(12)19/h2-4,7,10H,5-6,8-9H2,1H3,(H,21,22). The average molecular weight is 362 g/mol. The SMILES string of the molecule is Cn1cncc1CN1CCc2[nH]nc(-c3cccc(Cl)c3Cl)c2C1. The predicted molar refractivity (Wildman–Crippen MR) is 95.1 cm³/mol. The molecule has 5 nitrogen and oxygen atoms in total. The van der Waals surface area contributed by atoms with Gasteiger partial charge in [0.2, 0.25) is 0 Å². The van der Waals surface area contributed by atoms with Crippen molar-refractivity contribution in [1.82, 2.24) is 24.6 Å². The Bertz CT molecular complexity index is 883. The van der Waals surface area contributed by atoms with Gasteiger partial charge in [-0.15, -0.1) is 0 Å². The van der Waals surface area contributed by atoms with Gasteiger partial charge in [-0.2, -0.15) is 5.10 Å². The summed E-state index contributed by atoms with van der Waals surface area (Å²) < 4.78 is 2.06. The summed E-state index contributed by atoms with van der Waals surface area (Å²) in [4.78, 5) is 6.59. The Balaban J connectivity index is 1.65. The van der Waals surface area contributed by atoms with Crippen LogP contribution in [0.4, 0.5) is 0 Å². The zero-order chi connectivity index (χ0) is 16.7. The maximum Gasteiger partial charge on any atom is 0.0984 e. The fourth-order valence-electron chi connectivity index (χ4n) is 3.16. The molecule has 3 heterocycles. The molecule has 4 rings (SSSR count). The van der Waals surface area contributed by atoms with Crippen LogP contribution in [0.25, 0.3) is 11.3 Å². The van der Waals surface area contributed by atoms with E-state index in [9.17, 15) is 0 Å². The third kappa shape index (κ3) is 2.73. The van der Waals surface area contributed by atoms with Gasteiger partial charge in [0.15, 0.2) is 0 Å². The Labute approximate surface area is 150 Å². The molecule has 2 aromatic heterocycles. The summed E-state index contributed by atoms with van der Waals surface area (Å²) in [5.74, 6) is 0. The normalized spacial score (nSPS) is 14.8. The van der Waals surface area contributed by atoms with Crippen LogP contribution in [-0.2, 0) is 26.6 Å². The molecule has 0 unspecified atom stereocenters. The Kier molecular flexibility index (Phi) is 4.08. The van der Waals surface area contributed by atoms with Crippen molar-refractivity contribution in [2.45, 2.75) is 19.5 Å². The average Bonchev–Trinajstić information content (AvgIpc) is 3.17. The van der Waals surface area contributed by atoms with E-state index < -0.39 is 0 Å². The van der Waals surface area contributed by atoms with Gasteiger partial charge in [0.05, 0.1) is 27.8 Å². The van der Waals surface area contributed by atoms with E-state index >= 15 is 0 Å². The van der Waals surface area contributed by atoms with E-state index in [1.165, 1.54) is 17.0 Å². The van der Waals surface area contributed by atoms with Crippen LogP contribution in [0, 0.1) is 0 Å². The Morgan fingerprint density at radius 2 is 2.17 bits per heavy atom. The highest BCUT2D eigenvalue weighted by atomic mass is 35.5. The summed E-state index contributed by atoms with van der Waals surface area (Å²) in [6.45, 7) is 2.68. The number of halogens is 2. The Hall–Kier alpha value is -1.82. The highest BCUT2D eigenvalue weighted by Gasteiger charge is 2.24. The van der Waals surface area contributed by atoms with Crippen LogP contribution in [0.2, 0.25) is 10.0 Å². The fourth-order valence-corrected chi connectivity index (χ4v) is 3.55. The summed E-state index contributed by atoms with van der Waals surface area (Å²) in [6, 6.07) is 5.66. The molecule has 0 saturated carbocycles. The second-order valence-corrected chi connectivity index (χ2v) is 6.87. The third-order valence-electron chi connectivity index (χ3n) is 4.52. The largest absolute Gasteiger partial charge is 0.337 e. The van der Waals surface area contributed by atoms with Crippen molar-refractivity contribution < 1.29 is 0 Å². The zero-order valence-electron chi connectivity index (χ0n) is 13.3. The minimum absolute atomic E-state index is 0.550. The maximum absolute atomic E-state index is 6.39. The minimum atomic E-state index is 0.550. The lowest BCUT2D eigenvalue weighted by Gasteiger charge is -2.27. The molecule has 0 fully saturated rings. The molecule has 0 atom stereocenters. The highest BCUT2D eigenvalue weighted by Crippen LogP contribution is 2.36. The lowest BCUT2D eigenvalue weighted by molar-refractivity contribution is 0.240. The maximum atomic E-state index is 6.39. The van der Waals surface area contributed by atoms with Gasteiger partial charge in [0, 0.05) is 56.1 Å². The molecule has 1 aliphatic heterocycles. The lowest BCUT2D eigenvalue weighted by Crippen LogP contribution is -2.30. The molecule has 1 N–H and O–H groups in total. The summed E-state index contributed by atoms with van der Waals surface area (Å²) >= 11 is 12.6. The molecule has 0 bridgehead atoms. The predicted octanol–water partition coefficient (Wildman–Crippen LogP) is 3.68. The third-order valence-corrected chi connectivity index (χ3v) is 5.34. The summed E-state index contributed by atoms with van der Waals surface area (Å²) in [5.41, 5.74) is 5.36. The van der Waals surface area contributed by atoms with Gasteiger partial charge in [0.1, 0.15) is 0 Å². The van der Waals surface area contributed by atoms with E-state index in [1.807, 2.05) is 31.7 Å². The molecule has 124 valence electrons. The van der Waals surface area contributed by atoms with Gasteiger partial charge >= 0.3 is 0 Å². The number of hydrogen-bond acceptors (Lipinski definition) is 3. The Morgan fingerprint density at radius 1 is 1.29 bits per heavy atom. The van der Waals surface area contributed by atoms with Crippen molar-refractivity contribution in [3.63, 3.8) is 0 Å². The summed E-state index contributed by atoms with van der Waals surface area (Å²) in [6.07, 6.45) is 4.69. The van der Waals surface area contributed by atoms with Crippen molar-refractivity contribution in [3.8, 4) is 11.3 Å². The quantitative estimate of drug-likeness (QED) is 0.773. The van der Waals surface area contributed by atoms with Crippen LogP contribution in [-0.4, -0.2) is 31.2 Å². The monoisotopic (exact) mass is 361 g/mol. The van der Waals surface area contributed by atoms with Crippen molar-refractivity contribution in [3.05, 3.63) is 57.7 Å². The van der Waals surface area contributed by atoms with Gasteiger partial charge < -0.3 is 4.57 Å². The highest BCUT2D eigenvalue weighted by molar-refractivity contribution is 6.43. The number of nitrogens with zero attached hydrogens (tertiary/aromatic N) is 4. The summed E-state index contributed by atoms with van der Waals surface area (Å²) in [5, 5.41) is 8.78.